The molecule has 32 valence electrons. The number of hydrogen-bond donors (Lipinski definition) is 0. The quantitative estimate of drug-likeness (QED) is 0.529. The minimum absolute atomic E-state index is 0. The summed E-state index contributed by atoms with van der Waals surface area (Å²) in [6.07, 6.45) is 0. The molecule has 0 aliphatic rings. The van der Waals surface area contributed by atoms with E-state index in [4.69, 9.17) is 3.40 Å². The molecule has 0 rings (SSSR count). The Hall–Kier alpha value is 1.48. The first kappa shape index (κ1) is 17.9. The fraction of sp³-hybridized carbons (Fsp3) is 0. The molecule has 4 heavy (non-hydrogen) atoms. The zero-order chi connectivity index (χ0) is 2.00. The summed E-state index contributed by atoms with van der Waals surface area (Å²) in [5.74, 6) is 0. The van der Waals surface area contributed by atoms with E-state index in [1.807, 2.05) is 0 Å². The van der Waals surface area contributed by atoms with Crippen molar-refractivity contribution in [1.29, 1.82) is 0 Å². The third-order valence-corrected chi connectivity index (χ3v) is 0. The van der Waals surface area contributed by atoms with Crippen LogP contribution in [0.15, 0.2) is 0 Å². The maximum absolute atomic E-state index is 8.26. The van der Waals surface area contributed by atoms with E-state index in [0.29, 0.717) is 19.8 Å². The van der Waals surface area contributed by atoms with Gasteiger partial charge in [-0.3, -0.25) is 0 Å². The van der Waals surface area contributed by atoms with Crippen molar-refractivity contribution in [3.8, 4) is 0 Å². The third-order valence-electron chi connectivity index (χ3n) is 0. The van der Waals surface area contributed by atoms with Crippen LogP contribution in [0.5, 0.6) is 0 Å². The Kier molecular flexibility index (Phi) is 111. The second-order valence-corrected chi connectivity index (χ2v) is 0. The first-order valence-electron chi connectivity index (χ1n) is 0.167. The average molecular weight is 229 g/mol. The molecule has 1 nitrogen and oxygen atoms in total. The van der Waals surface area contributed by atoms with Crippen LogP contribution >= 0.6 is 0 Å². The first-order valence-corrected chi connectivity index (χ1v) is 0.986. The molecule has 0 saturated carbocycles. The Labute approximate surface area is 56.0 Å². The van der Waals surface area contributed by atoms with Gasteiger partial charge in [-0.25, -0.2) is 0 Å². The van der Waals surface area contributed by atoms with Crippen LogP contribution in [-0.4, -0.2) is 0 Å². The van der Waals surface area contributed by atoms with Crippen molar-refractivity contribution < 1.29 is 56.2 Å². The zero-order valence-electron chi connectivity index (χ0n) is 1.45. The molecule has 0 spiro atoms. The standard InChI is InChI=1S/Mo.2Ni.O. The molecule has 0 unspecified atom stereocenters. The summed E-state index contributed by atoms with van der Waals surface area (Å²) in [7, 11) is 0. The van der Waals surface area contributed by atoms with Crippen LogP contribution in [0.25, 0.3) is 0 Å². The van der Waals surface area contributed by atoms with Crippen LogP contribution in [0.1, 0.15) is 0 Å². The van der Waals surface area contributed by atoms with E-state index < -0.39 is 0 Å². The van der Waals surface area contributed by atoms with Gasteiger partial charge >= 0.3 is 23.2 Å². The van der Waals surface area contributed by atoms with E-state index in [2.05, 4.69) is 0 Å². The Morgan fingerprint density at radius 1 is 1.00 bits per heavy atom. The second kappa shape index (κ2) is 24.8. The van der Waals surface area contributed by atoms with Crippen molar-refractivity contribution in [2.24, 2.45) is 0 Å². The van der Waals surface area contributed by atoms with Crippen LogP contribution in [0.2, 0.25) is 0 Å². The Bertz CT molecular complexity index is 6.00. The van der Waals surface area contributed by atoms with Gasteiger partial charge in [0.2, 0.25) is 0 Å². The van der Waals surface area contributed by atoms with Crippen molar-refractivity contribution in [1.82, 2.24) is 0 Å². The fourth-order valence-electron chi connectivity index (χ4n) is 0. The maximum atomic E-state index is 8.26. The molecule has 0 radical (unpaired) electrons. The molecule has 0 aromatic rings. The molecule has 0 atom stereocenters. The predicted molar refractivity (Wildman–Crippen MR) is 0.686 cm³/mol. The van der Waals surface area contributed by atoms with Gasteiger partial charge in [-0.05, 0) is 0 Å². The Balaban J connectivity index is -0.00000000500. The summed E-state index contributed by atoms with van der Waals surface area (Å²) in [6.45, 7) is 0. The van der Waals surface area contributed by atoms with Gasteiger partial charge in [-0.2, -0.15) is 0 Å². The summed E-state index contributed by atoms with van der Waals surface area (Å²) in [4.78, 5) is 0. The first-order chi connectivity index (χ1) is 1.00. The van der Waals surface area contributed by atoms with Gasteiger partial charge in [0.05, 0.1) is 0 Å². The normalized spacial score (nSPS) is 1.00. The molecule has 0 heterocycles. The van der Waals surface area contributed by atoms with E-state index in [0.717, 1.165) is 0 Å². The molecular formula is MoNi2O. The van der Waals surface area contributed by atoms with E-state index in [9.17, 15) is 0 Å². The van der Waals surface area contributed by atoms with Crippen molar-refractivity contribution in [3.63, 3.8) is 0 Å². The van der Waals surface area contributed by atoms with E-state index >= 15 is 0 Å². The van der Waals surface area contributed by atoms with Crippen LogP contribution in [0.3, 0.4) is 0 Å². The van der Waals surface area contributed by atoms with Crippen LogP contribution in [0.4, 0.5) is 0 Å². The van der Waals surface area contributed by atoms with Gasteiger partial charge < -0.3 is 0 Å². The summed E-state index contributed by atoms with van der Waals surface area (Å²) in [5, 5.41) is 0. The average Bonchev–Trinajstić information content (AvgIpc) is 1.00. The zero-order valence-corrected chi connectivity index (χ0v) is 5.43. The van der Waals surface area contributed by atoms with E-state index in [1.165, 1.54) is 0 Å². The van der Waals surface area contributed by atoms with Crippen LogP contribution in [-0.2, 0) is 56.2 Å². The summed E-state index contributed by atoms with van der Waals surface area (Å²) in [5.41, 5.74) is 0. The summed E-state index contributed by atoms with van der Waals surface area (Å²) in [6, 6.07) is 0. The van der Waals surface area contributed by atoms with Gasteiger partial charge in [0.25, 0.3) is 0 Å². The number of hydrogen-bond acceptors (Lipinski definition) is 1. The second-order valence-electron chi connectivity index (χ2n) is 0. The molecule has 0 amide bonds. The van der Waals surface area contributed by atoms with Crippen LogP contribution in [0, 0.1) is 0 Å². The third kappa shape index (κ3) is 9.78. The molecule has 0 aromatic carbocycles. The predicted octanol–water partition coefficient (Wildman–Crippen LogP) is -0.126. The van der Waals surface area contributed by atoms with Crippen molar-refractivity contribution in [2.45, 2.75) is 0 Å². The molecule has 0 aromatic heterocycles. The monoisotopic (exact) mass is 230 g/mol. The van der Waals surface area contributed by atoms with Gasteiger partial charge in [-0.15, -0.1) is 0 Å². The van der Waals surface area contributed by atoms with Crippen LogP contribution < -0.4 is 0 Å². The summed E-state index contributed by atoms with van der Waals surface area (Å²) >= 11 is 0.700. The van der Waals surface area contributed by atoms with E-state index in [-0.39, 0.29) is 33.0 Å². The molecule has 0 fully saturated rings. The Morgan fingerprint density at radius 3 is 1.00 bits per heavy atom. The topological polar surface area (TPSA) is 17.1 Å². The minimum atomic E-state index is 0. The van der Waals surface area contributed by atoms with Crippen molar-refractivity contribution in [2.75, 3.05) is 0 Å². The molecule has 0 aliphatic heterocycles. The Morgan fingerprint density at radius 2 is 1.00 bits per heavy atom. The summed E-state index contributed by atoms with van der Waals surface area (Å²) < 4.78 is 8.26. The van der Waals surface area contributed by atoms with Gasteiger partial charge in [0.1, 0.15) is 0 Å². The molecular weight excluding hydrogens is 229 g/mol. The molecule has 0 bridgehead atoms. The van der Waals surface area contributed by atoms with Crippen molar-refractivity contribution >= 4 is 0 Å². The molecule has 4 heteroatoms. The fourth-order valence-corrected chi connectivity index (χ4v) is 0. The number of rotatable bonds is 0. The van der Waals surface area contributed by atoms with Crippen molar-refractivity contribution in [3.05, 3.63) is 0 Å². The molecule has 0 aliphatic carbocycles. The van der Waals surface area contributed by atoms with E-state index in [1.54, 1.807) is 0 Å². The molecule has 0 N–H and O–H groups in total. The molecule has 0 saturated heterocycles. The van der Waals surface area contributed by atoms with Gasteiger partial charge in [0.15, 0.2) is 0 Å². The van der Waals surface area contributed by atoms with Gasteiger partial charge in [-0.1, -0.05) is 0 Å². The van der Waals surface area contributed by atoms with Gasteiger partial charge in [0, 0.05) is 33.0 Å². The SMILES string of the molecule is [Ni].[Ni].[O]=[Mo].